The lowest BCUT2D eigenvalue weighted by Gasteiger charge is -2.18. The topological polar surface area (TPSA) is 84.6 Å². The van der Waals surface area contributed by atoms with Gasteiger partial charge >= 0.3 is 0 Å². The predicted molar refractivity (Wildman–Crippen MR) is 85.4 cm³/mol. The lowest BCUT2D eigenvalue weighted by molar-refractivity contribution is -0.106. The number of benzene rings is 2. The third-order valence-corrected chi connectivity index (χ3v) is 3.20. The number of amides is 1. The zero-order valence-corrected chi connectivity index (χ0v) is 12.0. The van der Waals surface area contributed by atoms with E-state index in [1.807, 2.05) is 24.3 Å². The molecule has 5 nitrogen and oxygen atoms in total. The van der Waals surface area contributed by atoms with E-state index in [9.17, 15) is 0 Å². The fourth-order valence-electron chi connectivity index (χ4n) is 2.24. The van der Waals surface area contributed by atoms with Gasteiger partial charge in [-0.2, -0.15) is 0 Å². The molecule has 0 spiro atoms. The number of hydrogen-bond acceptors (Lipinski definition) is 4. The van der Waals surface area contributed by atoms with Crippen molar-refractivity contribution in [2.24, 2.45) is 5.73 Å². The lowest BCUT2D eigenvalue weighted by atomic mass is 10.00. The molecule has 3 rings (SSSR count). The van der Waals surface area contributed by atoms with Crippen LogP contribution in [-0.4, -0.2) is 24.8 Å². The van der Waals surface area contributed by atoms with Gasteiger partial charge < -0.3 is 15.7 Å². The highest BCUT2D eigenvalue weighted by molar-refractivity contribution is 5.72. The van der Waals surface area contributed by atoms with Crippen molar-refractivity contribution >= 4 is 12.5 Å². The van der Waals surface area contributed by atoms with E-state index in [1.54, 1.807) is 0 Å². The highest BCUT2D eigenvalue weighted by Gasteiger charge is 2.12. The van der Waals surface area contributed by atoms with Crippen molar-refractivity contribution < 1.29 is 14.7 Å². The Kier molecular flexibility index (Phi) is 5.71. The van der Waals surface area contributed by atoms with Gasteiger partial charge in [-0.15, -0.1) is 0 Å². The quantitative estimate of drug-likeness (QED) is 0.599. The standard InChI is InChI=1S/C16H15NO2.CH3NO/c18-17-10-12-8-15-9-14(6-7-16(15)19-11-12)13-4-2-1-3-5-13;2-1-3/h1-9,17-18H,10-11H2;1H,(H2,2,3). The molecule has 1 aliphatic rings. The van der Waals surface area contributed by atoms with Crippen molar-refractivity contribution in [2.75, 3.05) is 13.2 Å². The number of carbonyl (C=O) groups excluding carboxylic acids is 1. The van der Waals surface area contributed by atoms with E-state index in [4.69, 9.17) is 14.7 Å². The van der Waals surface area contributed by atoms with Crippen LogP contribution in [0.1, 0.15) is 5.56 Å². The Morgan fingerprint density at radius 2 is 1.91 bits per heavy atom. The summed E-state index contributed by atoms with van der Waals surface area (Å²) in [6.07, 6.45) is 2.31. The third kappa shape index (κ3) is 3.94. The van der Waals surface area contributed by atoms with E-state index in [2.05, 4.69) is 41.6 Å². The molecule has 0 unspecified atom stereocenters. The van der Waals surface area contributed by atoms with Crippen LogP contribution in [0.15, 0.2) is 54.1 Å². The van der Waals surface area contributed by atoms with Gasteiger partial charge in [-0.25, -0.2) is 5.48 Å². The van der Waals surface area contributed by atoms with Crippen molar-refractivity contribution in [3.63, 3.8) is 0 Å². The molecule has 0 radical (unpaired) electrons. The van der Waals surface area contributed by atoms with Crippen molar-refractivity contribution in [2.45, 2.75) is 0 Å². The molecule has 0 fully saturated rings. The molecule has 1 aliphatic heterocycles. The van der Waals surface area contributed by atoms with Crippen molar-refractivity contribution in [3.05, 3.63) is 59.7 Å². The van der Waals surface area contributed by atoms with Gasteiger partial charge in [0.2, 0.25) is 6.41 Å². The molecule has 0 aromatic heterocycles. The van der Waals surface area contributed by atoms with Crippen LogP contribution in [0.2, 0.25) is 0 Å². The molecule has 0 saturated heterocycles. The molecule has 2 aromatic carbocycles. The molecule has 2 aromatic rings. The molecule has 22 heavy (non-hydrogen) atoms. The van der Waals surface area contributed by atoms with Crippen LogP contribution in [0, 0.1) is 0 Å². The van der Waals surface area contributed by atoms with Crippen molar-refractivity contribution in [3.8, 4) is 16.9 Å². The molecule has 114 valence electrons. The molecule has 1 amide bonds. The Bertz CT molecular complexity index is 654. The predicted octanol–water partition coefficient (Wildman–Crippen LogP) is 2.21. The number of nitrogens with two attached hydrogens (primary N) is 1. The van der Waals surface area contributed by atoms with Gasteiger partial charge in [-0.05, 0) is 34.9 Å². The summed E-state index contributed by atoms with van der Waals surface area (Å²) >= 11 is 0. The number of rotatable bonds is 3. The van der Waals surface area contributed by atoms with Crippen LogP contribution >= 0.6 is 0 Å². The second-order valence-corrected chi connectivity index (χ2v) is 4.68. The number of hydroxylamine groups is 1. The minimum atomic E-state index is 0.250. The minimum Gasteiger partial charge on any atom is -0.489 e. The minimum absolute atomic E-state index is 0.250. The SMILES string of the molecule is NC=O.ONCC1=Cc2cc(-c3ccccc3)ccc2OC1. The molecular weight excluding hydrogens is 280 g/mol. The van der Waals surface area contributed by atoms with Gasteiger partial charge in [0.15, 0.2) is 0 Å². The summed E-state index contributed by atoms with van der Waals surface area (Å²) in [5.41, 5.74) is 10.8. The van der Waals surface area contributed by atoms with Gasteiger partial charge in [0, 0.05) is 12.1 Å². The summed E-state index contributed by atoms with van der Waals surface area (Å²) in [6.45, 7) is 0.945. The Balaban J connectivity index is 0.000000545. The summed E-state index contributed by atoms with van der Waals surface area (Å²) in [5, 5.41) is 8.75. The first kappa shape index (κ1) is 15.8. The summed E-state index contributed by atoms with van der Waals surface area (Å²) < 4.78 is 5.66. The summed E-state index contributed by atoms with van der Waals surface area (Å²) in [5.74, 6) is 0.890. The Morgan fingerprint density at radius 3 is 2.59 bits per heavy atom. The van der Waals surface area contributed by atoms with E-state index in [-0.39, 0.29) is 6.41 Å². The smallest absolute Gasteiger partial charge is 0.204 e. The zero-order valence-electron chi connectivity index (χ0n) is 12.0. The number of nitrogens with one attached hydrogen (secondary N) is 1. The maximum atomic E-state index is 8.75. The summed E-state index contributed by atoms with van der Waals surface area (Å²) in [4.78, 5) is 8.58. The Labute approximate surface area is 129 Å². The molecule has 0 saturated carbocycles. The van der Waals surface area contributed by atoms with Gasteiger partial charge in [0.05, 0.1) is 0 Å². The summed E-state index contributed by atoms with van der Waals surface area (Å²) in [6, 6.07) is 16.4. The first-order chi connectivity index (χ1) is 10.8. The van der Waals surface area contributed by atoms with Crippen LogP contribution in [-0.2, 0) is 4.79 Å². The first-order valence-electron chi connectivity index (χ1n) is 6.82. The number of hydrogen-bond donors (Lipinski definition) is 3. The molecule has 0 atom stereocenters. The Hall–Kier alpha value is -2.63. The van der Waals surface area contributed by atoms with Gasteiger partial charge in [0.1, 0.15) is 12.4 Å². The maximum absolute atomic E-state index is 8.75. The number of carbonyl (C=O) groups is 1. The Morgan fingerprint density at radius 1 is 1.18 bits per heavy atom. The van der Waals surface area contributed by atoms with E-state index in [0.717, 1.165) is 22.4 Å². The monoisotopic (exact) mass is 298 g/mol. The maximum Gasteiger partial charge on any atom is 0.204 e. The van der Waals surface area contributed by atoms with E-state index in [0.29, 0.717) is 13.2 Å². The fraction of sp³-hybridized carbons (Fsp3) is 0.118. The van der Waals surface area contributed by atoms with Gasteiger partial charge in [0.25, 0.3) is 0 Å². The molecule has 0 aliphatic carbocycles. The average Bonchev–Trinajstić information content (AvgIpc) is 2.56. The molecule has 5 heteroatoms. The van der Waals surface area contributed by atoms with Crippen molar-refractivity contribution in [1.82, 2.24) is 5.48 Å². The highest BCUT2D eigenvalue weighted by atomic mass is 16.5. The number of ether oxygens (including phenoxy) is 1. The van der Waals surface area contributed by atoms with Crippen LogP contribution in [0.3, 0.4) is 0 Å². The van der Waals surface area contributed by atoms with Crippen LogP contribution < -0.4 is 16.0 Å². The highest BCUT2D eigenvalue weighted by Crippen LogP contribution is 2.30. The average molecular weight is 298 g/mol. The van der Waals surface area contributed by atoms with Crippen molar-refractivity contribution in [1.29, 1.82) is 0 Å². The van der Waals surface area contributed by atoms with E-state index < -0.39 is 0 Å². The first-order valence-corrected chi connectivity index (χ1v) is 6.82. The zero-order chi connectivity index (χ0) is 15.8. The second-order valence-electron chi connectivity index (χ2n) is 4.68. The largest absolute Gasteiger partial charge is 0.489 e. The summed E-state index contributed by atoms with van der Waals surface area (Å²) in [7, 11) is 0. The number of primary amides is 1. The van der Waals surface area contributed by atoms with Crippen LogP contribution in [0.5, 0.6) is 5.75 Å². The van der Waals surface area contributed by atoms with Crippen LogP contribution in [0.4, 0.5) is 0 Å². The van der Waals surface area contributed by atoms with E-state index >= 15 is 0 Å². The molecular formula is C17H18N2O3. The molecule has 1 heterocycles. The van der Waals surface area contributed by atoms with Gasteiger partial charge in [-0.3, -0.25) is 4.79 Å². The fourth-order valence-corrected chi connectivity index (χ4v) is 2.24. The second kappa shape index (κ2) is 7.97. The van der Waals surface area contributed by atoms with E-state index in [1.165, 1.54) is 5.56 Å². The van der Waals surface area contributed by atoms with Crippen LogP contribution in [0.25, 0.3) is 17.2 Å². The normalized spacial score (nSPS) is 12.1. The molecule has 0 bridgehead atoms. The molecule has 4 N–H and O–H groups in total. The van der Waals surface area contributed by atoms with Gasteiger partial charge in [-0.1, -0.05) is 36.4 Å². The lowest BCUT2D eigenvalue weighted by Crippen LogP contribution is -2.18. The third-order valence-electron chi connectivity index (χ3n) is 3.20. The number of fused-ring (bicyclic) bond motifs is 1.